The Bertz CT molecular complexity index is 101. The Balaban J connectivity index is 2.29. The molecule has 1 nitrogen and oxygen atoms in total. The van der Waals surface area contributed by atoms with Crippen LogP contribution in [0.1, 0.15) is 33.6 Å². The number of hydrogen-bond donors (Lipinski definition) is 0. The van der Waals surface area contributed by atoms with Crippen molar-refractivity contribution in [2.75, 3.05) is 13.1 Å². The molecule has 0 N–H and O–H groups in total. The molecule has 1 aliphatic rings. The predicted octanol–water partition coefficient (Wildman–Crippen LogP) is 2.13. The van der Waals surface area contributed by atoms with Gasteiger partial charge in [-0.3, -0.25) is 0 Å². The number of likely N-dealkylation sites (tertiary alicyclic amines) is 1. The summed E-state index contributed by atoms with van der Waals surface area (Å²) in [5.74, 6) is 0.939. The van der Waals surface area contributed by atoms with Crippen LogP contribution in [-0.2, 0) is 0 Å². The summed E-state index contributed by atoms with van der Waals surface area (Å²) in [5.41, 5.74) is 0. The van der Waals surface area contributed by atoms with Crippen molar-refractivity contribution < 1.29 is 0 Å². The van der Waals surface area contributed by atoms with Crippen molar-refractivity contribution in [2.45, 2.75) is 39.7 Å². The minimum atomic E-state index is 0.810. The maximum absolute atomic E-state index is 2.60. The van der Waals surface area contributed by atoms with Crippen molar-refractivity contribution in [3.05, 3.63) is 0 Å². The molecule has 10 heavy (non-hydrogen) atoms. The first-order chi connectivity index (χ1) is 4.74. The van der Waals surface area contributed by atoms with Crippen molar-refractivity contribution in [3.8, 4) is 0 Å². The smallest absolute Gasteiger partial charge is 0.00644 e. The van der Waals surface area contributed by atoms with Gasteiger partial charge < -0.3 is 4.90 Å². The second kappa shape index (κ2) is 3.38. The van der Waals surface area contributed by atoms with Crippen LogP contribution in [0, 0.1) is 5.92 Å². The minimum Gasteiger partial charge on any atom is -0.300 e. The first-order valence-corrected chi connectivity index (χ1v) is 4.48. The van der Waals surface area contributed by atoms with Crippen LogP contribution >= 0.6 is 0 Å². The summed E-state index contributed by atoms with van der Waals surface area (Å²) in [7, 11) is 0. The van der Waals surface area contributed by atoms with Gasteiger partial charge in [-0.25, -0.2) is 0 Å². The van der Waals surface area contributed by atoms with Gasteiger partial charge in [-0.1, -0.05) is 13.8 Å². The van der Waals surface area contributed by atoms with Crippen LogP contribution in [-0.4, -0.2) is 24.0 Å². The molecule has 1 aliphatic heterocycles. The van der Waals surface area contributed by atoms with Gasteiger partial charge in [-0.2, -0.15) is 0 Å². The van der Waals surface area contributed by atoms with Gasteiger partial charge in [0.15, 0.2) is 0 Å². The Morgan fingerprint density at radius 1 is 1.60 bits per heavy atom. The van der Waals surface area contributed by atoms with E-state index in [1.54, 1.807) is 0 Å². The molecule has 1 heterocycles. The first-order valence-electron chi connectivity index (χ1n) is 4.48. The Labute approximate surface area is 64.4 Å². The Morgan fingerprint density at radius 3 is 2.70 bits per heavy atom. The molecule has 60 valence electrons. The zero-order valence-electron chi connectivity index (χ0n) is 7.43. The highest BCUT2D eigenvalue weighted by Gasteiger charge is 2.21. The fraction of sp³-hybridized carbons (Fsp3) is 1.00. The minimum absolute atomic E-state index is 0.810. The molecule has 0 amide bonds. The van der Waals surface area contributed by atoms with Gasteiger partial charge in [0.1, 0.15) is 0 Å². The summed E-state index contributed by atoms with van der Waals surface area (Å²) in [6.45, 7) is 9.61. The van der Waals surface area contributed by atoms with Crippen LogP contribution < -0.4 is 0 Å². The molecule has 0 aromatic rings. The Hall–Kier alpha value is -0.0400. The topological polar surface area (TPSA) is 3.24 Å². The highest BCUT2D eigenvalue weighted by molar-refractivity contribution is 4.75. The molecule has 0 bridgehead atoms. The highest BCUT2D eigenvalue weighted by Crippen LogP contribution is 2.18. The predicted molar refractivity (Wildman–Crippen MR) is 45.1 cm³/mol. The van der Waals surface area contributed by atoms with Crippen molar-refractivity contribution in [2.24, 2.45) is 5.92 Å². The largest absolute Gasteiger partial charge is 0.300 e. The van der Waals surface area contributed by atoms with Gasteiger partial charge in [0.05, 0.1) is 0 Å². The molecule has 0 aromatic heterocycles. The van der Waals surface area contributed by atoms with Crippen LogP contribution in [0.5, 0.6) is 0 Å². The van der Waals surface area contributed by atoms with Gasteiger partial charge in [-0.15, -0.1) is 0 Å². The van der Waals surface area contributed by atoms with Crippen LogP contribution in [0.3, 0.4) is 0 Å². The maximum Gasteiger partial charge on any atom is 0.00644 e. The summed E-state index contributed by atoms with van der Waals surface area (Å²) in [6.07, 6.45) is 2.71. The SMILES string of the molecule is CCC(C)N1CCC(C)C1. The van der Waals surface area contributed by atoms with E-state index in [-0.39, 0.29) is 0 Å². The normalized spacial score (nSPS) is 30.9. The standard InChI is InChI=1S/C9H19N/c1-4-9(3)10-6-5-8(2)7-10/h8-9H,4-7H2,1-3H3. The quantitative estimate of drug-likeness (QED) is 0.569. The molecule has 1 saturated heterocycles. The molecule has 0 aliphatic carbocycles. The van der Waals surface area contributed by atoms with E-state index in [9.17, 15) is 0 Å². The average molecular weight is 141 g/mol. The lowest BCUT2D eigenvalue weighted by atomic mass is 10.2. The number of hydrogen-bond acceptors (Lipinski definition) is 1. The third-order valence-corrected chi connectivity index (χ3v) is 2.67. The van der Waals surface area contributed by atoms with E-state index in [1.165, 1.54) is 25.9 Å². The molecule has 0 radical (unpaired) electrons. The van der Waals surface area contributed by atoms with Crippen LogP contribution in [0.2, 0.25) is 0 Å². The lowest BCUT2D eigenvalue weighted by Gasteiger charge is -2.22. The van der Waals surface area contributed by atoms with E-state index in [2.05, 4.69) is 25.7 Å². The molecular weight excluding hydrogens is 122 g/mol. The molecule has 2 atom stereocenters. The molecule has 0 spiro atoms. The summed E-state index contributed by atoms with van der Waals surface area (Å²) in [6, 6.07) is 0.810. The van der Waals surface area contributed by atoms with E-state index in [4.69, 9.17) is 0 Å². The fourth-order valence-electron chi connectivity index (χ4n) is 1.63. The van der Waals surface area contributed by atoms with Crippen molar-refractivity contribution in [1.29, 1.82) is 0 Å². The van der Waals surface area contributed by atoms with E-state index in [0.717, 1.165) is 12.0 Å². The summed E-state index contributed by atoms with van der Waals surface area (Å²) in [4.78, 5) is 2.60. The lowest BCUT2D eigenvalue weighted by Crippen LogP contribution is -2.29. The van der Waals surface area contributed by atoms with Crippen molar-refractivity contribution in [3.63, 3.8) is 0 Å². The summed E-state index contributed by atoms with van der Waals surface area (Å²) in [5, 5.41) is 0. The van der Waals surface area contributed by atoms with Gasteiger partial charge in [0.25, 0.3) is 0 Å². The fourth-order valence-corrected chi connectivity index (χ4v) is 1.63. The van der Waals surface area contributed by atoms with Gasteiger partial charge >= 0.3 is 0 Å². The molecule has 2 unspecified atom stereocenters. The molecule has 1 fully saturated rings. The number of rotatable bonds is 2. The molecular formula is C9H19N. The van der Waals surface area contributed by atoms with E-state index in [1.807, 2.05) is 0 Å². The van der Waals surface area contributed by atoms with Gasteiger partial charge in [-0.05, 0) is 32.2 Å². The van der Waals surface area contributed by atoms with E-state index >= 15 is 0 Å². The van der Waals surface area contributed by atoms with Gasteiger partial charge in [0.2, 0.25) is 0 Å². The maximum atomic E-state index is 2.60. The number of nitrogens with zero attached hydrogens (tertiary/aromatic N) is 1. The monoisotopic (exact) mass is 141 g/mol. The van der Waals surface area contributed by atoms with Crippen molar-refractivity contribution >= 4 is 0 Å². The zero-order valence-corrected chi connectivity index (χ0v) is 7.43. The zero-order chi connectivity index (χ0) is 7.56. The Morgan fingerprint density at radius 2 is 2.30 bits per heavy atom. The van der Waals surface area contributed by atoms with Crippen LogP contribution in [0.15, 0.2) is 0 Å². The molecule has 0 saturated carbocycles. The third kappa shape index (κ3) is 1.72. The average Bonchev–Trinajstić information content (AvgIpc) is 2.34. The van der Waals surface area contributed by atoms with Crippen LogP contribution in [0.4, 0.5) is 0 Å². The van der Waals surface area contributed by atoms with Crippen LogP contribution in [0.25, 0.3) is 0 Å². The summed E-state index contributed by atoms with van der Waals surface area (Å²) >= 11 is 0. The lowest BCUT2D eigenvalue weighted by molar-refractivity contribution is 0.246. The molecule has 0 aromatic carbocycles. The third-order valence-electron chi connectivity index (χ3n) is 2.67. The van der Waals surface area contributed by atoms with Crippen molar-refractivity contribution in [1.82, 2.24) is 4.90 Å². The van der Waals surface area contributed by atoms with Gasteiger partial charge in [0, 0.05) is 12.6 Å². The molecule has 1 heteroatoms. The second-order valence-electron chi connectivity index (χ2n) is 3.65. The second-order valence-corrected chi connectivity index (χ2v) is 3.65. The Kier molecular flexibility index (Phi) is 2.72. The van der Waals surface area contributed by atoms with E-state index < -0.39 is 0 Å². The highest BCUT2D eigenvalue weighted by atomic mass is 15.2. The first kappa shape index (κ1) is 8.06. The van der Waals surface area contributed by atoms with E-state index in [0.29, 0.717) is 0 Å². The summed E-state index contributed by atoms with van der Waals surface area (Å²) < 4.78 is 0. The molecule has 1 rings (SSSR count).